The topological polar surface area (TPSA) is 71.1 Å². The van der Waals surface area contributed by atoms with Crippen LogP contribution in [0, 0.1) is 5.82 Å². The van der Waals surface area contributed by atoms with E-state index < -0.39 is 17.6 Å². The Morgan fingerprint density at radius 1 is 1.04 bits per heavy atom. The maximum Gasteiger partial charge on any atom is 0.254 e. The molecule has 0 aliphatic heterocycles. The average Bonchev–Trinajstić information content (AvgIpc) is 2.60. The van der Waals surface area contributed by atoms with Crippen molar-refractivity contribution < 1.29 is 14.0 Å². The number of fused-ring (bicyclic) bond motifs is 1. The summed E-state index contributed by atoms with van der Waals surface area (Å²) in [5.74, 6) is -1.79. The van der Waals surface area contributed by atoms with Crippen LogP contribution in [0.15, 0.2) is 60.9 Å². The van der Waals surface area contributed by atoms with E-state index in [1.807, 2.05) is 36.4 Å². The van der Waals surface area contributed by atoms with Crippen LogP contribution in [0.25, 0.3) is 10.8 Å². The molecule has 6 heteroatoms. The molecule has 0 aliphatic rings. The molecule has 0 aliphatic carbocycles. The zero-order valence-corrected chi connectivity index (χ0v) is 12.6. The smallest absolute Gasteiger partial charge is 0.254 e. The monoisotopic (exact) mass is 323 g/mol. The van der Waals surface area contributed by atoms with Gasteiger partial charge in [-0.2, -0.15) is 0 Å². The number of amides is 2. The maximum absolute atomic E-state index is 13.5. The number of anilines is 1. The van der Waals surface area contributed by atoms with Crippen LogP contribution in [0.2, 0.25) is 0 Å². The Labute approximate surface area is 137 Å². The molecule has 0 bridgehead atoms. The molecule has 3 aromatic rings. The van der Waals surface area contributed by atoms with Crippen molar-refractivity contribution in [2.45, 2.75) is 0 Å². The Kier molecular flexibility index (Phi) is 4.47. The van der Waals surface area contributed by atoms with Gasteiger partial charge in [0.25, 0.3) is 5.91 Å². The third kappa shape index (κ3) is 3.38. The second-order valence-corrected chi connectivity index (χ2v) is 5.11. The van der Waals surface area contributed by atoms with Crippen molar-refractivity contribution in [2.24, 2.45) is 0 Å². The lowest BCUT2D eigenvalue weighted by molar-refractivity contribution is -0.115. The second kappa shape index (κ2) is 6.87. The van der Waals surface area contributed by atoms with Crippen LogP contribution >= 0.6 is 0 Å². The number of hydrogen-bond acceptors (Lipinski definition) is 3. The number of aromatic nitrogens is 1. The number of halogens is 1. The number of carbonyl (C=O) groups is 2. The molecule has 0 spiro atoms. The first-order valence-electron chi connectivity index (χ1n) is 7.30. The molecule has 2 N–H and O–H groups in total. The summed E-state index contributed by atoms with van der Waals surface area (Å²) in [6, 6.07) is 14.5. The van der Waals surface area contributed by atoms with Crippen molar-refractivity contribution in [3.63, 3.8) is 0 Å². The summed E-state index contributed by atoms with van der Waals surface area (Å²) in [4.78, 5) is 27.5. The Bertz CT molecular complexity index is 906. The highest BCUT2D eigenvalue weighted by molar-refractivity contribution is 6.04. The third-order valence-electron chi connectivity index (χ3n) is 3.49. The van der Waals surface area contributed by atoms with Gasteiger partial charge in [-0.1, -0.05) is 36.4 Å². The van der Waals surface area contributed by atoms with E-state index >= 15 is 0 Å². The van der Waals surface area contributed by atoms with E-state index in [0.29, 0.717) is 5.69 Å². The highest BCUT2D eigenvalue weighted by atomic mass is 19.1. The summed E-state index contributed by atoms with van der Waals surface area (Å²) < 4.78 is 13.5. The van der Waals surface area contributed by atoms with Gasteiger partial charge < -0.3 is 10.6 Å². The molecule has 0 saturated carbocycles. The van der Waals surface area contributed by atoms with Gasteiger partial charge in [-0.3, -0.25) is 14.6 Å². The molecule has 3 rings (SSSR count). The van der Waals surface area contributed by atoms with E-state index in [-0.39, 0.29) is 12.1 Å². The number of carbonyl (C=O) groups excluding carboxylic acids is 2. The molecular formula is C18H14FN3O2. The van der Waals surface area contributed by atoms with Crippen LogP contribution in [0.4, 0.5) is 10.1 Å². The zero-order chi connectivity index (χ0) is 16.9. The van der Waals surface area contributed by atoms with Crippen LogP contribution in [0.3, 0.4) is 0 Å². The van der Waals surface area contributed by atoms with Crippen LogP contribution in [-0.4, -0.2) is 23.3 Å². The number of nitrogens with one attached hydrogen (secondary N) is 2. The molecule has 5 nitrogen and oxygen atoms in total. The molecule has 2 amide bonds. The minimum atomic E-state index is -0.732. The van der Waals surface area contributed by atoms with E-state index in [9.17, 15) is 14.0 Å². The van der Waals surface area contributed by atoms with Gasteiger partial charge in [-0.15, -0.1) is 0 Å². The van der Waals surface area contributed by atoms with Gasteiger partial charge in [-0.25, -0.2) is 4.39 Å². The summed E-state index contributed by atoms with van der Waals surface area (Å²) in [6.45, 7) is -0.260. The molecule has 0 fully saturated rings. The lowest BCUT2D eigenvalue weighted by atomic mass is 10.1. The van der Waals surface area contributed by atoms with Gasteiger partial charge in [0.1, 0.15) is 0 Å². The largest absolute Gasteiger partial charge is 0.343 e. The first-order chi connectivity index (χ1) is 11.6. The van der Waals surface area contributed by atoms with Gasteiger partial charge >= 0.3 is 0 Å². The van der Waals surface area contributed by atoms with Crippen molar-refractivity contribution in [1.29, 1.82) is 0 Å². The van der Waals surface area contributed by atoms with Crippen molar-refractivity contribution >= 4 is 28.3 Å². The summed E-state index contributed by atoms with van der Waals surface area (Å²) in [5, 5.41) is 7.04. The van der Waals surface area contributed by atoms with Crippen molar-refractivity contribution in [3.05, 3.63) is 72.3 Å². The standard InChI is InChI=1S/C18H14FN3O2/c19-15-10-20-9-8-14(15)18(24)21-11-17(23)22-16-7-3-5-12-4-1-2-6-13(12)16/h1-10H,11H2,(H,21,24)(H,22,23). The first-order valence-corrected chi connectivity index (χ1v) is 7.30. The highest BCUT2D eigenvalue weighted by Gasteiger charge is 2.13. The quantitative estimate of drug-likeness (QED) is 0.775. The van der Waals surface area contributed by atoms with E-state index in [1.165, 1.54) is 12.3 Å². The number of hydrogen-bond donors (Lipinski definition) is 2. The Balaban J connectivity index is 1.66. The SMILES string of the molecule is O=C(CNC(=O)c1ccncc1F)Nc1cccc2ccccc12. The average molecular weight is 323 g/mol. The molecule has 0 unspecified atom stereocenters. The van der Waals surface area contributed by atoms with E-state index in [2.05, 4.69) is 15.6 Å². The second-order valence-electron chi connectivity index (χ2n) is 5.11. The fourth-order valence-corrected chi connectivity index (χ4v) is 2.34. The number of nitrogens with zero attached hydrogens (tertiary/aromatic N) is 1. The lowest BCUT2D eigenvalue weighted by Crippen LogP contribution is -2.33. The molecule has 0 radical (unpaired) electrons. The van der Waals surface area contributed by atoms with Crippen molar-refractivity contribution in [1.82, 2.24) is 10.3 Å². The number of pyridine rings is 1. The predicted molar refractivity (Wildman–Crippen MR) is 89.1 cm³/mol. The van der Waals surface area contributed by atoms with Crippen molar-refractivity contribution in [2.75, 3.05) is 11.9 Å². The fraction of sp³-hybridized carbons (Fsp3) is 0.0556. The zero-order valence-electron chi connectivity index (χ0n) is 12.6. The van der Waals surface area contributed by atoms with Gasteiger partial charge in [0.15, 0.2) is 5.82 Å². The minimum Gasteiger partial charge on any atom is -0.343 e. The number of rotatable bonds is 4. The van der Waals surface area contributed by atoms with Crippen LogP contribution in [0.1, 0.15) is 10.4 Å². The minimum absolute atomic E-state index is 0.150. The Morgan fingerprint density at radius 2 is 1.83 bits per heavy atom. The van der Waals surface area contributed by atoms with Crippen LogP contribution in [0.5, 0.6) is 0 Å². The highest BCUT2D eigenvalue weighted by Crippen LogP contribution is 2.22. The lowest BCUT2D eigenvalue weighted by Gasteiger charge is -2.09. The molecule has 1 heterocycles. The molecule has 0 saturated heterocycles. The third-order valence-corrected chi connectivity index (χ3v) is 3.49. The van der Waals surface area contributed by atoms with Gasteiger partial charge in [0.2, 0.25) is 5.91 Å². The Hall–Kier alpha value is -3.28. The van der Waals surface area contributed by atoms with E-state index in [4.69, 9.17) is 0 Å². The van der Waals surface area contributed by atoms with E-state index in [0.717, 1.165) is 17.0 Å². The fourth-order valence-electron chi connectivity index (χ4n) is 2.34. The predicted octanol–water partition coefficient (Wildman–Crippen LogP) is 2.74. The molecular weight excluding hydrogens is 309 g/mol. The normalized spacial score (nSPS) is 10.4. The van der Waals surface area contributed by atoms with Gasteiger partial charge in [-0.05, 0) is 17.5 Å². The summed E-state index contributed by atoms with van der Waals surface area (Å²) in [7, 11) is 0. The Morgan fingerprint density at radius 3 is 2.67 bits per heavy atom. The molecule has 1 aromatic heterocycles. The van der Waals surface area contributed by atoms with Crippen LogP contribution < -0.4 is 10.6 Å². The van der Waals surface area contributed by atoms with Crippen LogP contribution in [-0.2, 0) is 4.79 Å². The van der Waals surface area contributed by atoms with Crippen molar-refractivity contribution in [3.8, 4) is 0 Å². The maximum atomic E-state index is 13.5. The molecule has 120 valence electrons. The first kappa shape index (κ1) is 15.6. The van der Waals surface area contributed by atoms with E-state index in [1.54, 1.807) is 6.07 Å². The number of benzene rings is 2. The summed E-state index contributed by atoms with van der Waals surface area (Å²) >= 11 is 0. The summed E-state index contributed by atoms with van der Waals surface area (Å²) in [6.07, 6.45) is 2.26. The molecule has 2 aromatic carbocycles. The van der Waals surface area contributed by atoms with Gasteiger partial charge in [0.05, 0.1) is 18.3 Å². The molecule has 0 atom stereocenters. The van der Waals surface area contributed by atoms with Gasteiger partial charge in [0, 0.05) is 17.3 Å². The summed E-state index contributed by atoms with van der Waals surface area (Å²) in [5.41, 5.74) is 0.505. The molecule has 24 heavy (non-hydrogen) atoms.